The number of aliphatic hydroxyl groups excluding tert-OH is 1. The van der Waals surface area contributed by atoms with E-state index in [4.69, 9.17) is 14.0 Å². The van der Waals surface area contributed by atoms with E-state index < -0.39 is 60.6 Å². The van der Waals surface area contributed by atoms with Gasteiger partial charge in [0.2, 0.25) is 8.17 Å². The highest BCUT2D eigenvalue weighted by Crippen LogP contribution is 2.38. The standard InChI is InChI=1S/C32H60N3O9PS/c1-3-4-5-6-7-8-9-10-11-12-13-14-15-16-17-18-19-20-21-22-25-46(40,41)34-45(39)44-29-27(26-36)43-31(30(29)42-2)35-24-23-28(37)33-32(35)38/h23-24,27,29-31,36,45H,3-22,25-26H2,1-2H3,(H,34,39)(H,33,37,38)/t27-,29?,30?,31-/m1/s1. The lowest BCUT2D eigenvalue weighted by molar-refractivity contribution is -0.0625. The van der Waals surface area contributed by atoms with Crippen LogP contribution in [0.15, 0.2) is 26.0 Å². The van der Waals surface area contributed by atoms with Gasteiger partial charge in [-0.15, -0.1) is 4.15 Å². The quantitative estimate of drug-likeness (QED) is 0.0718. The Labute approximate surface area is 276 Å². The van der Waals surface area contributed by atoms with Crippen molar-refractivity contribution >= 4 is 18.2 Å². The molecule has 0 spiro atoms. The van der Waals surface area contributed by atoms with E-state index in [1.54, 1.807) is 0 Å². The van der Waals surface area contributed by atoms with Gasteiger partial charge in [-0.05, 0) is 6.42 Å². The van der Waals surface area contributed by atoms with E-state index in [0.29, 0.717) is 6.42 Å². The third-order valence-electron chi connectivity index (χ3n) is 8.58. The molecule has 1 aromatic heterocycles. The van der Waals surface area contributed by atoms with Gasteiger partial charge in [0.25, 0.3) is 15.6 Å². The van der Waals surface area contributed by atoms with Crippen LogP contribution >= 0.6 is 8.17 Å². The lowest BCUT2D eigenvalue weighted by Crippen LogP contribution is -2.39. The Morgan fingerprint density at radius 1 is 0.848 bits per heavy atom. The molecule has 2 rings (SSSR count). The normalized spacial score (nSPS) is 20.9. The van der Waals surface area contributed by atoms with Crippen LogP contribution < -0.4 is 11.2 Å². The molecule has 0 amide bonds. The molecule has 0 saturated carbocycles. The number of methoxy groups -OCH3 is 1. The molecule has 1 aliphatic heterocycles. The molecule has 5 atom stereocenters. The third kappa shape index (κ3) is 16.2. The predicted molar refractivity (Wildman–Crippen MR) is 183 cm³/mol. The van der Waals surface area contributed by atoms with Crippen LogP contribution in [-0.4, -0.2) is 65.8 Å². The van der Waals surface area contributed by atoms with Gasteiger partial charge < -0.3 is 24.0 Å². The summed E-state index contributed by atoms with van der Waals surface area (Å²) in [6.07, 6.45) is 21.7. The number of hydrogen-bond acceptors (Lipinski definition) is 8. The fourth-order valence-electron chi connectivity index (χ4n) is 5.95. The fraction of sp³-hybridized carbons (Fsp3) is 0.875. The third-order valence-corrected chi connectivity index (χ3v) is 11.6. The van der Waals surface area contributed by atoms with Crippen LogP contribution in [0.25, 0.3) is 0 Å². The van der Waals surface area contributed by atoms with Crippen molar-refractivity contribution in [3.63, 3.8) is 0 Å². The van der Waals surface area contributed by atoms with Crippen molar-refractivity contribution in [3.05, 3.63) is 33.1 Å². The van der Waals surface area contributed by atoms with Crippen LogP contribution in [0.3, 0.4) is 0 Å². The Bertz CT molecular complexity index is 1210. The summed E-state index contributed by atoms with van der Waals surface area (Å²) in [4.78, 5) is 36.2. The highest BCUT2D eigenvalue weighted by molar-refractivity contribution is 7.92. The molecule has 1 fully saturated rings. The van der Waals surface area contributed by atoms with E-state index in [0.717, 1.165) is 36.3 Å². The van der Waals surface area contributed by atoms with Crippen molar-refractivity contribution in [1.29, 1.82) is 0 Å². The number of unbranched alkanes of at least 4 members (excludes halogenated alkanes) is 19. The number of sulfonamides is 1. The molecule has 1 aliphatic rings. The molecule has 0 aromatic carbocycles. The van der Waals surface area contributed by atoms with Gasteiger partial charge in [-0.25, -0.2) is 13.2 Å². The van der Waals surface area contributed by atoms with Crippen LogP contribution in [0.1, 0.15) is 142 Å². The van der Waals surface area contributed by atoms with Gasteiger partial charge in [0.1, 0.15) is 18.3 Å². The number of aromatic amines is 1. The molecule has 12 nitrogen and oxygen atoms in total. The summed E-state index contributed by atoms with van der Waals surface area (Å²) in [5.74, 6) is -0.183. The van der Waals surface area contributed by atoms with Gasteiger partial charge in [-0.1, -0.05) is 129 Å². The Hall–Kier alpha value is -1.34. The molecule has 268 valence electrons. The molecule has 3 N–H and O–H groups in total. The van der Waals surface area contributed by atoms with Gasteiger partial charge in [-0.3, -0.25) is 14.3 Å². The summed E-state index contributed by atoms with van der Waals surface area (Å²) in [5, 5.41) is 9.78. The summed E-state index contributed by atoms with van der Waals surface area (Å²) in [6.45, 7) is 1.72. The second kappa shape index (κ2) is 23.9. The Morgan fingerprint density at radius 2 is 1.33 bits per heavy atom. The van der Waals surface area contributed by atoms with Gasteiger partial charge in [0.15, 0.2) is 6.23 Å². The SMILES string of the molecule is CCCCCCCCCCCCCCCCCCCCCCS(=O)(=O)/N=[PH](/O)OC1C(OC)[C@H](n2ccc(=O)[nH]c2=O)O[C@@H]1CO. The van der Waals surface area contributed by atoms with Crippen LogP contribution in [0, 0.1) is 0 Å². The minimum atomic E-state index is -3.92. The van der Waals surface area contributed by atoms with Crippen molar-refractivity contribution in [1.82, 2.24) is 9.55 Å². The second-order valence-corrected chi connectivity index (χ2v) is 15.5. The van der Waals surface area contributed by atoms with Crippen molar-refractivity contribution in [3.8, 4) is 0 Å². The van der Waals surface area contributed by atoms with E-state index in [1.807, 2.05) is 0 Å². The zero-order chi connectivity index (χ0) is 33.6. The maximum absolute atomic E-state index is 12.5. The Morgan fingerprint density at radius 3 is 1.76 bits per heavy atom. The van der Waals surface area contributed by atoms with Crippen LogP contribution in [-0.2, 0) is 24.0 Å². The molecule has 46 heavy (non-hydrogen) atoms. The first kappa shape index (κ1) is 40.8. The van der Waals surface area contributed by atoms with Gasteiger partial charge >= 0.3 is 5.69 Å². The molecule has 14 heteroatoms. The molecular formula is C32H60N3O9PS. The van der Waals surface area contributed by atoms with Gasteiger partial charge in [-0.2, -0.15) is 0 Å². The van der Waals surface area contributed by atoms with E-state index >= 15 is 0 Å². The number of nitrogens with one attached hydrogen (secondary N) is 1. The summed E-state index contributed by atoms with van der Waals surface area (Å²) >= 11 is 0. The first-order valence-corrected chi connectivity index (χ1v) is 20.4. The minimum Gasteiger partial charge on any atom is -0.394 e. The van der Waals surface area contributed by atoms with Crippen molar-refractivity contribution in [2.75, 3.05) is 19.5 Å². The average Bonchev–Trinajstić information content (AvgIpc) is 3.36. The maximum atomic E-state index is 12.5. The summed E-state index contributed by atoms with van der Waals surface area (Å²) < 4.78 is 46.3. The zero-order valence-electron chi connectivity index (χ0n) is 28.1. The van der Waals surface area contributed by atoms with Crippen LogP contribution in [0.2, 0.25) is 0 Å². The molecule has 1 saturated heterocycles. The van der Waals surface area contributed by atoms with Gasteiger partial charge in [0.05, 0.1) is 12.4 Å². The Kier molecular flexibility index (Phi) is 21.2. The molecule has 1 aromatic rings. The lowest BCUT2D eigenvalue weighted by atomic mass is 10.0. The van der Waals surface area contributed by atoms with Crippen molar-refractivity contribution in [2.45, 2.75) is 160 Å². The van der Waals surface area contributed by atoms with E-state index in [1.165, 1.54) is 110 Å². The first-order chi connectivity index (χ1) is 22.2. The number of nitrogens with zero attached hydrogens (tertiary/aromatic N) is 2. The number of rotatable bonds is 27. The summed E-state index contributed by atoms with van der Waals surface area (Å²) in [5.41, 5.74) is -1.35. The largest absolute Gasteiger partial charge is 0.394 e. The average molecular weight is 694 g/mol. The maximum Gasteiger partial charge on any atom is 0.330 e. The molecule has 2 heterocycles. The number of hydrogen-bond donors (Lipinski definition) is 3. The molecule has 0 radical (unpaired) electrons. The van der Waals surface area contributed by atoms with Crippen LogP contribution in [0.5, 0.6) is 0 Å². The lowest BCUT2D eigenvalue weighted by Gasteiger charge is -2.23. The molecular weight excluding hydrogens is 633 g/mol. The fourth-order valence-corrected chi connectivity index (χ4v) is 8.53. The second-order valence-electron chi connectivity index (χ2n) is 12.4. The van der Waals surface area contributed by atoms with Gasteiger partial charge in [0, 0.05) is 19.4 Å². The number of ether oxygens (including phenoxy) is 2. The van der Waals surface area contributed by atoms with Crippen molar-refractivity contribution in [2.24, 2.45) is 4.15 Å². The molecule has 0 aliphatic carbocycles. The van der Waals surface area contributed by atoms with Crippen LogP contribution in [0.4, 0.5) is 0 Å². The Balaban J connectivity index is 1.56. The number of H-pyrrole nitrogens is 1. The smallest absolute Gasteiger partial charge is 0.330 e. The zero-order valence-corrected chi connectivity index (χ0v) is 29.9. The molecule has 0 bridgehead atoms. The number of aromatic nitrogens is 2. The van der Waals surface area contributed by atoms with E-state index in [9.17, 15) is 28.0 Å². The predicted octanol–water partition coefficient (Wildman–Crippen LogP) is 6.20. The van der Waals surface area contributed by atoms with E-state index in [2.05, 4.69) is 16.1 Å². The minimum absolute atomic E-state index is 0.183. The topological polar surface area (TPSA) is 170 Å². The monoisotopic (exact) mass is 693 g/mol. The van der Waals surface area contributed by atoms with Crippen molar-refractivity contribution < 1.29 is 32.4 Å². The highest BCUT2D eigenvalue weighted by Gasteiger charge is 2.47. The molecule has 3 unspecified atom stereocenters. The first-order valence-electron chi connectivity index (χ1n) is 17.5. The van der Waals surface area contributed by atoms with E-state index in [-0.39, 0.29) is 5.75 Å². The summed E-state index contributed by atoms with van der Waals surface area (Å²) in [6, 6.07) is 1.13. The highest BCUT2D eigenvalue weighted by atomic mass is 32.2. The summed E-state index contributed by atoms with van der Waals surface area (Å²) in [7, 11) is -5.78. The number of aliphatic hydroxyl groups is 1.